The third-order valence-electron chi connectivity index (χ3n) is 2.94. The van der Waals surface area contributed by atoms with Crippen LogP contribution >= 0.6 is 38.5 Å². The SMILES string of the molecule is CCCC(CCBr)CNC(=O)c1ccc(F)cc1I. The number of hydrogen-bond donors (Lipinski definition) is 1. The van der Waals surface area contributed by atoms with Gasteiger partial charge in [-0.15, -0.1) is 0 Å². The summed E-state index contributed by atoms with van der Waals surface area (Å²) in [6.45, 7) is 2.82. The molecule has 1 amide bonds. The fourth-order valence-corrected chi connectivity index (χ4v) is 3.29. The summed E-state index contributed by atoms with van der Waals surface area (Å²) >= 11 is 5.42. The average Bonchev–Trinajstić information content (AvgIpc) is 2.36. The fourth-order valence-electron chi connectivity index (χ4n) is 1.92. The van der Waals surface area contributed by atoms with Crippen LogP contribution < -0.4 is 5.32 Å². The van der Waals surface area contributed by atoms with E-state index in [4.69, 9.17) is 0 Å². The molecule has 1 N–H and O–H groups in total. The van der Waals surface area contributed by atoms with E-state index in [2.05, 4.69) is 28.2 Å². The smallest absolute Gasteiger partial charge is 0.252 e. The van der Waals surface area contributed by atoms with Gasteiger partial charge in [-0.2, -0.15) is 0 Å². The quantitative estimate of drug-likeness (QED) is 0.494. The van der Waals surface area contributed by atoms with Crippen molar-refractivity contribution >= 4 is 44.4 Å². The molecule has 1 aromatic rings. The number of amides is 1. The van der Waals surface area contributed by atoms with E-state index in [0.717, 1.165) is 24.6 Å². The van der Waals surface area contributed by atoms with Crippen molar-refractivity contribution < 1.29 is 9.18 Å². The van der Waals surface area contributed by atoms with Gasteiger partial charge < -0.3 is 5.32 Å². The Bertz CT molecular complexity index is 422. The monoisotopic (exact) mass is 441 g/mol. The maximum atomic E-state index is 13.0. The minimum absolute atomic E-state index is 0.125. The lowest BCUT2D eigenvalue weighted by molar-refractivity contribution is 0.0945. The van der Waals surface area contributed by atoms with Crippen LogP contribution in [0.25, 0.3) is 0 Å². The molecule has 1 rings (SSSR count). The van der Waals surface area contributed by atoms with Crippen LogP contribution in [0.15, 0.2) is 18.2 Å². The highest BCUT2D eigenvalue weighted by Crippen LogP contribution is 2.15. The molecule has 1 atom stereocenters. The normalized spacial score (nSPS) is 12.2. The first kappa shape index (κ1) is 16.9. The van der Waals surface area contributed by atoms with Crippen molar-refractivity contribution in [1.29, 1.82) is 0 Å². The van der Waals surface area contributed by atoms with Crippen LogP contribution in [0, 0.1) is 15.3 Å². The summed E-state index contributed by atoms with van der Waals surface area (Å²) in [6, 6.07) is 4.22. The second-order valence-corrected chi connectivity index (χ2v) is 6.42. The first-order valence-electron chi connectivity index (χ1n) is 6.37. The van der Waals surface area contributed by atoms with E-state index in [1.807, 2.05) is 22.6 Å². The second kappa shape index (κ2) is 8.89. The van der Waals surface area contributed by atoms with Gasteiger partial charge in [0.25, 0.3) is 5.91 Å². The lowest BCUT2D eigenvalue weighted by Crippen LogP contribution is -2.30. The molecule has 0 bridgehead atoms. The molecule has 0 saturated heterocycles. The standard InChI is InChI=1S/C14H18BrFINO/c1-2-3-10(6-7-15)9-18-14(19)12-5-4-11(16)8-13(12)17/h4-5,8,10H,2-3,6-7,9H2,1H3,(H,18,19). The lowest BCUT2D eigenvalue weighted by atomic mass is 10.0. The topological polar surface area (TPSA) is 29.1 Å². The minimum Gasteiger partial charge on any atom is -0.352 e. The number of carbonyl (C=O) groups is 1. The molecule has 5 heteroatoms. The van der Waals surface area contributed by atoms with Gasteiger partial charge in [0.1, 0.15) is 5.82 Å². The minimum atomic E-state index is -0.316. The summed E-state index contributed by atoms with van der Waals surface area (Å²) in [5, 5.41) is 3.89. The first-order chi connectivity index (χ1) is 9.08. The molecule has 0 spiro atoms. The third kappa shape index (κ3) is 5.77. The maximum absolute atomic E-state index is 13.0. The largest absolute Gasteiger partial charge is 0.352 e. The Kier molecular flexibility index (Phi) is 7.90. The number of carbonyl (C=O) groups excluding carboxylic acids is 1. The van der Waals surface area contributed by atoms with Crippen LogP contribution in [-0.4, -0.2) is 17.8 Å². The van der Waals surface area contributed by atoms with Crippen LogP contribution in [0.5, 0.6) is 0 Å². The zero-order chi connectivity index (χ0) is 14.3. The number of nitrogens with one attached hydrogen (secondary N) is 1. The van der Waals surface area contributed by atoms with Crippen molar-refractivity contribution in [2.75, 3.05) is 11.9 Å². The number of benzene rings is 1. The van der Waals surface area contributed by atoms with Crippen molar-refractivity contribution in [1.82, 2.24) is 5.32 Å². The predicted molar refractivity (Wildman–Crippen MR) is 88.3 cm³/mol. The van der Waals surface area contributed by atoms with Crippen molar-refractivity contribution in [2.45, 2.75) is 26.2 Å². The molecule has 0 aliphatic rings. The molecule has 0 fully saturated rings. The molecular weight excluding hydrogens is 424 g/mol. The molecule has 106 valence electrons. The Morgan fingerprint density at radius 3 is 2.79 bits per heavy atom. The zero-order valence-corrected chi connectivity index (χ0v) is 14.6. The van der Waals surface area contributed by atoms with Gasteiger partial charge in [-0.3, -0.25) is 4.79 Å². The summed E-state index contributed by atoms with van der Waals surface area (Å²) in [4.78, 5) is 12.0. The highest BCUT2D eigenvalue weighted by atomic mass is 127. The van der Waals surface area contributed by atoms with Crippen LogP contribution in [0.4, 0.5) is 4.39 Å². The van der Waals surface area contributed by atoms with Gasteiger partial charge in [0.15, 0.2) is 0 Å². The Hall–Kier alpha value is -0.170. The van der Waals surface area contributed by atoms with Crippen molar-refractivity contribution in [3.63, 3.8) is 0 Å². The highest BCUT2D eigenvalue weighted by Gasteiger charge is 2.13. The van der Waals surface area contributed by atoms with E-state index in [-0.39, 0.29) is 11.7 Å². The fraction of sp³-hybridized carbons (Fsp3) is 0.500. The van der Waals surface area contributed by atoms with Crippen molar-refractivity contribution in [3.05, 3.63) is 33.1 Å². The summed E-state index contributed by atoms with van der Waals surface area (Å²) < 4.78 is 13.6. The van der Waals surface area contributed by atoms with Crippen LogP contribution in [0.1, 0.15) is 36.5 Å². The summed E-state index contributed by atoms with van der Waals surface area (Å²) in [5.41, 5.74) is 0.538. The number of halogens is 3. The summed E-state index contributed by atoms with van der Waals surface area (Å²) in [5.74, 6) is 0.0515. The molecule has 0 aromatic heterocycles. The van der Waals surface area contributed by atoms with E-state index in [9.17, 15) is 9.18 Å². The Morgan fingerprint density at radius 1 is 1.47 bits per heavy atom. The van der Waals surface area contributed by atoms with Gasteiger partial charge in [0.05, 0.1) is 5.56 Å². The maximum Gasteiger partial charge on any atom is 0.252 e. The van der Waals surface area contributed by atoms with E-state index in [1.54, 1.807) is 0 Å². The lowest BCUT2D eigenvalue weighted by Gasteiger charge is -2.16. The molecule has 1 aromatic carbocycles. The molecule has 0 aliphatic carbocycles. The van der Waals surface area contributed by atoms with E-state index >= 15 is 0 Å². The average molecular weight is 442 g/mol. The predicted octanol–water partition coefficient (Wildman–Crippen LogP) is 4.36. The van der Waals surface area contributed by atoms with E-state index in [0.29, 0.717) is 21.6 Å². The van der Waals surface area contributed by atoms with Crippen molar-refractivity contribution in [3.8, 4) is 0 Å². The Morgan fingerprint density at radius 2 is 2.21 bits per heavy atom. The van der Waals surface area contributed by atoms with Crippen LogP contribution in [0.2, 0.25) is 0 Å². The van der Waals surface area contributed by atoms with Gasteiger partial charge in [0, 0.05) is 15.4 Å². The summed E-state index contributed by atoms with van der Waals surface area (Å²) in [7, 11) is 0. The van der Waals surface area contributed by atoms with Gasteiger partial charge in [-0.05, 0) is 59.5 Å². The molecule has 0 aliphatic heterocycles. The molecule has 0 radical (unpaired) electrons. The molecule has 2 nitrogen and oxygen atoms in total. The van der Waals surface area contributed by atoms with Crippen molar-refractivity contribution in [2.24, 2.45) is 5.92 Å². The van der Waals surface area contributed by atoms with Gasteiger partial charge >= 0.3 is 0 Å². The third-order valence-corrected chi connectivity index (χ3v) is 4.29. The zero-order valence-electron chi connectivity index (χ0n) is 10.9. The van der Waals surface area contributed by atoms with E-state index in [1.165, 1.54) is 18.2 Å². The van der Waals surface area contributed by atoms with Gasteiger partial charge in [-0.1, -0.05) is 29.3 Å². The molecule has 0 saturated carbocycles. The van der Waals surface area contributed by atoms with Crippen LogP contribution in [-0.2, 0) is 0 Å². The number of alkyl halides is 1. The molecule has 1 unspecified atom stereocenters. The molecule has 0 heterocycles. The Balaban J connectivity index is 2.58. The van der Waals surface area contributed by atoms with E-state index < -0.39 is 0 Å². The van der Waals surface area contributed by atoms with Crippen LogP contribution in [0.3, 0.4) is 0 Å². The van der Waals surface area contributed by atoms with Gasteiger partial charge in [-0.25, -0.2) is 4.39 Å². The number of rotatable bonds is 7. The summed E-state index contributed by atoms with van der Waals surface area (Å²) in [6.07, 6.45) is 3.27. The van der Waals surface area contributed by atoms with Gasteiger partial charge in [0.2, 0.25) is 0 Å². The molecular formula is C14H18BrFINO. The first-order valence-corrected chi connectivity index (χ1v) is 8.57. The molecule has 19 heavy (non-hydrogen) atoms. The Labute approximate surface area is 135 Å². The second-order valence-electron chi connectivity index (χ2n) is 4.47. The number of hydrogen-bond acceptors (Lipinski definition) is 1. The highest BCUT2D eigenvalue weighted by molar-refractivity contribution is 14.1.